The van der Waals surface area contributed by atoms with Crippen LogP contribution in [0.5, 0.6) is 0 Å². The van der Waals surface area contributed by atoms with Crippen molar-refractivity contribution < 1.29 is 23.1 Å². The summed E-state index contributed by atoms with van der Waals surface area (Å²) in [5.74, 6) is -7.53. The van der Waals surface area contributed by atoms with Crippen molar-refractivity contribution in [3.05, 3.63) is 33.8 Å². The van der Waals surface area contributed by atoms with Gasteiger partial charge < -0.3 is 4.74 Å². The smallest absolute Gasteiger partial charge is 0.404 e. The predicted octanol–water partition coefficient (Wildman–Crippen LogP) is 3.14. The molecule has 0 saturated heterocycles. The van der Waals surface area contributed by atoms with Crippen molar-refractivity contribution in [2.45, 2.75) is 19.8 Å². The molecule has 0 bridgehead atoms. The van der Waals surface area contributed by atoms with E-state index in [0.29, 0.717) is 10.0 Å². The summed E-state index contributed by atoms with van der Waals surface area (Å²) in [6, 6.07) is 4.23. The van der Waals surface area contributed by atoms with Crippen LogP contribution in [-0.2, 0) is 9.53 Å². The summed E-state index contributed by atoms with van der Waals surface area (Å²) >= 11 is 3.16. The maximum absolute atomic E-state index is 13.5. The molecule has 0 aliphatic rings. The van der Waals surface area contributed by atoms with E-state index in [-0.39, 0.29) is 12.2 Å². The van der Waals surface area contributed by atoms with E-state index in [0.717, 1.165) is 0 Å². The number of esters is 1. The molecule has 0 aromatic heterocycles. The number of alkyl halides is 2. The highest BCUT2D eigenvalue weighted by atomic mass is 79.9. The third-order valence-electron chi connectivity index (χ3n) is 2.25. The van der Waals surface area contributed by atoms with Gasteiger partial charge in [-0.25, -0.2) is 4.79 Å². The fourth-order valence-corrected chi connectivity index (χ4v) is 1.84. The van der Waals surface area contributed by atoms with E-state index in [1.54, 1.807) is 0 Å². The Balaban J connectivity index is 3.09. The zero-order chi connectivity index (χ0) is 13.9. The lowest BCUT2D eigenvalue weighted by Gasteiger charge is -2.14. The van der Waals surface area contributed by atoms with Crippen molar-refractivity contribution in [3.8, 4) is 0 Å². The van der Waals surface area contributed by atoms with Gasteiger partial charge in [0.25, 0.3) is 0 Å². The van der Waals surface area contributed by atoms with Gasteiger partial charge in [0.15, 0.2) is 0 Å². The average Bonchev–Trinajstić information content (AvgIpc) is 2.28. The zero-order valence-electron chi connectivity index (χ0n) is 9.80. The third-order valence-corrected chi connectivity index (χ3v) is 2.74. The van der Waals surface area contributed by atoms with Gasteiger partial charge in [0.2, 0.25) is 5.78 Å². The average molecular weight is 321 g/mol. The van der Waals surface area contributed by atoms with Crippen LogP contribution in [0.3, 0.4) is 0 Å². The van der Waals surface area contributed by atoms with Crippen LogP contribution in [0, 0.1) is 6.92 Å². The summed E-state index contributed by atoms with van der Waals surface area (Å²) in [5.41, 5.74) is 0.162. The Morgan fingerprint density at radius 1 is 1.39 bits per heavy atom. The summed E-state index contributed by atoms with van der Waals surface area (Å²) < 4.78 is 31.9. The number of hydrogen-bond acceptors (Lipinski definition) is 3. The Labute approximate surface area is 111 Å². The number of rotatable bonds is 4. The summed E-state index contributed by atoms with van der Waals surface area (Å²) in [6.07, 6.45) is 0. The van der Waals surface area contributed by atoms with Gasteiger partial charge in [0.1, 0.15) is 0 Å². The molecule has 0 aliphatic carbocycles. The third kappa shape index (κ3) is 2.93. The van der Waals surface area contributed by atoms with E-state index in [4.69, 9.17) is 0 Å². The number of carbonyl (C=O) groups is 2. The van der Waals surface area contributed by atoms with E-state index in [9.17, 15) is 18.4 Å². The van der Waals surface area contributed by atoms with Crippen LogP contribution in [0.1, 0.15) is 22.8 Å². The van der Waals surface area contributed by atoms with Crippen LogP contribution in [-0.4, -0.2) is 24.3 Å². The second-order valence-corrected chi connectivity index (χ2v) is 4.50. The van der Waals surface area contributed by atoms with Crippen LogP contribution in [0.15, 0.2) is 22.7 Å². The molecule has 0 saturated carbocycles. The number of aryl methyl sites for hydroxylation is 1. The van der Waals surface area contributed by atoms with Gasteiger partial charge in [-0.05, 0) is 37.6 Å². The molecular formula is C12H11BrF2O3. The molecule has 1 rings (SSSR count). The quantitative estimate of drug-likeness (QED) is 0.486. The number of Topliss-reactive ketones (excluding diaryl/α,β-unsaturated/α-hetero) is 1. The van der Waals surface area contributed by atoms with Gasteiger partial charge in [-0.2, -0.15) is 8.78 Å². The second kappa shape index (κ2) is 5.56. The van der Waals surface area contributed by atoms with Crippen molar-refractivity contribution in [1.82, 2.24) is 0 Å². The van der Waals surface area contributed by atoms with Crippen LogP contribution in [0.4, 0.5) is 8.78 Å². The number of halogens is 3. The first-order valence-electron chi connectivity index (χ1n) is 5.16. The van der Waals surface area contributed by atoms with Gasteiger partial charge in [-0.1, -0.05) is 15.9 Å². The highest BCUT2D eigenvalue weighted by molar-refractivity contribution is 9.10. The van der Waals surface area contributed by atoms with Crippen molar-refractivity contribution in [2.24, 2.45) is 0 Å². The van der Waals surface area contributed by atoms with E-state index >= 15 is 0 Å². The fourth-order valence-electron chi connectivity index (χ4n) is 1.37. The summed E-state index contributed by atoms with van der Waals surface area (Å²) in [5, 5.41) is 0. The molecule has 0 N–H and O–H groups in total. The number of hydrogen-bond donors (Lipinski definition) is 0. The van der Waals surface area contributed by atoms with Gasteiger partial charge in [-0.3, -0.25) is 4.79 Å². The van der Waals surface area contributed by atoms with Crippen molar-refractivity contribution in [1.29, 1.82) is 0 Å². The Morgan fingerprint density at radius 2 is 2.00 bits per heavy atom. The standard InChI is InChI=1S/C12H11BrF2O3/c1-3-18-11(17)12(14,15)10(16)9-5-4-8(13)6-7(9)2/h4-6H,3H2,1-2H3. The van der Waals surface area contributed by atoms with Crippen LogP contribution in [0.25, 0.3) is 0 Å². The first kappa shape index (κ1) is 14.8. The van der Waals surface area contributed by atoms with Crippen molar-refractivity contribution >= 4 is 27.7 Å². The Hall–Kier alpha value is -1.30. The molecule has 0 heterocycles. The maximum atomic E-state index is 13.5. The molecule has 0 radical (unpaired) electrons. The highest BCUT2D eigenvalue weighted by Crippen LogP contribution is 2.25. The molecule has 18 heavy (non-hydrogen) atoms. The van der Waals surface area contributed by atoms with Crippen molar-refractivity contribution in [3.63, 3.8) is 0 Å². The molecule has 1 aromatic carbocycles. The molecule has 1 aromatic rings. The SMILES string of the molecule is CCOC(=O)C(F)(F)C(=O)c1ccc(Br)cc1C. The highest BCUT2D eigenvalue weighted by Gasteiger charge is 2.49. The minimum atomic E-state index is -4.16. The maximum Gasteiger partial charge on any atom is 0.404 e. The van der Waals surface area contributed by atoms with Crippen LogP contribution >= 0.6 is 15.9 Å². The van der Waals surface area contributed by atoms with Crippen LogP contribution < -0.4 is 0 Å². The lowest BCUT2D eigenvalue weighted by atomic mass is 10.0. The fraction of sp³-hybridized carbons (Fsp3) is 0.333. The predicted molar refractivity (Wildman–Crippen MR) is 64.8 cm³/mol. The molecule has 6 heteroatoms. The first-order chi connectivity index (χ1) is 8.30. The number of ketones is 1. The molecule has 98 valence electrons. The monoisotopic (exact) mass is 320 g/mol. The van der Waals surface area contributed by atoms with E-state index in [1.807, 2.05) is 0 Å². The van der Waals surface area contributed by atoms with Gasteiger partial charge in [-0.15, -0.1) is 0 Å². The molecule has 0 amide bonds. The Morgan fingerprint density at radius 3 is 2.50 bits per heavy atom. The van der Waals surface area contributed by atoms with Crippen LogP contribution in [0.2, 0.25) is 0 Å². The molecular weight excluding hydrogens is 310 g/mol. The largest absolute Gasteiger partial charge is 0.461 e. The van der Waals surface area contributed by atoms with Gasteiger partial charge in [0.05, 0.1) is 6.61 Å². The summed E-state index contributed by atoms with van der Waals surface area (Å²) in [7, 11) is 0. The zero-order valence-corrected chi connectivity index (χ0v) is 11.4. The van der Waals surface area contributed by atoms with E-state index in [1.165, 1.54) is 32.0 Å². The lowest BCUT2D eigenvalue weighted by Crippen LogP contribution is -2.39. The Kier molecular flexibility index (Phi) is 4.56. The molecule has 0 aliphatic heterocycles. The van der Waals surface area contributed by atoms with E-state index < -0.39 is 17.7 Å². The molecule has 0 fully saturated rings. The minimum absolute atomic E-state index is 0.198. The first-order valence-corrected chi connectivity index (χ1v) is 5.96. The number of ether oxygens (including phenoxy) is 1. The summed E-state index contributed by atoms with van der Waals surface area (Å²) in [4.78, 5) is 22.7. The molecule has 3 nitrogen and oxygen atoms in total. The minimum Gasteiger partial charge on any atom is -0.461 e. The summed E-state index contributed by atoms with van der Waals surface area (Å²) in [6.45, 7) is 2.70. The Bertz CT molecular complexity index is 486. The van der Waals surface area contributed by atoms with Crippen molar-refractivity contribution in [2.75, 3.05) is 6.61 Å². The molecule has 0 atom stereocenters. The molecule has 0 spiro atoms. The number of carbonyl (C=O) groups excluding carboxylic acids is 2. The van der Waals surface area contributed by atoms with Gasteiger partial charge >= 0.3 is 11.9 Å². The van der Waals surface area contributed by atoms with E-state index in [2.05, 4.69) is 20.7 Å². The second-order valence-electron chi connectivity index (χ2n) is 3.58. The van der Waals surface area contributed by atoms with Gasteiger partial charge in [0, 0.05) is 10.0 Å². The molecule has 0 unspecified atom stereocenters. The number of benzene rings is 1. The normalized spacial score (nSPS) is 11.2. The lowest BCUT2D eigenvalue weighted by molar-refractivity contribution is -0.164. The topological polar surface area (TPSA) is 43.4 Å².